The van der Waals surface area contributed by atoms with Gasteiger partial charge in [-0.1, -0.05) is 19.9 Å². The molecule has 2 N–H and O–H groups in total. The monoisotopic (exact) mass is 430 g/mol. The maximum absolute atomic E-state index is 12.9. The number of carboxylic acid groups (broad SMARTS) is 1. The van der Waals surface area contributed by atoms with Crippen molar-refractivity contribution < 1.29 is 19.5 Å². The number of carbonyl (C=O) groups excluding carboxylic acids is 2. The van der Waals surface area contributed by atoms with Gasteiger partial charge in [-0.2, -0.15) is 0 Å². The van der Waals surface area contributed by atoms with Crippen LogP contribution in [0, 0.1) is 5.92 Å². The van der Waals surface area contributed by atoms with Gasteiger partial charge in [0.05, 0.1) is 0 Å². The molecule has 2 saturated heterocycles. The minimum Gasteiger partial charge on any atom is -0.480 e. The number of likely N-dealkylation sites (tertiary alicyclic amines) is 2. The molecule has 3 aliphatic rings. The number of pyridine rings is 1. The van der Waals surface area contributed by atoms with Gasteiger partial charge in [0.2, 0.25) is 11.8 Å². The summed E-state index contributed by atoms with van der Waals surface area (Å²) >= 11 is 0. The summed E-state index contributed by atoms with van der Waals surface area (Å²) in [5.74, 6) is -0.179. The van der Waals surface area contributed by atoms with Gasteiger partial charge in [-0.25, -0.2) is 4.98 Å². The third kappa shape index (κ3) is 5.54. The van der Waals surface area contributed by atoms with E-state index >= 15 is 0 Å². The number of hydrogen-bond acceptors (Lipinski definition) is 5. The summed E-state index contributed by atoms with van der Waals surface area (Å²) in [5, 5.41) is 12.3. The first kappa shape index (κ1) is 23.0. The van der Waals surface area contributed by atoms with Crippen LogP contribution in [0.25, 0.3) is 0 Å². The quantitative estimate of drug-likeness (QED) is 0.761. The lowest BCUT2D eigenvalue weighted by molar-refractivity contribution is -0.150. The molecule has 31 heavy (non-hydrogen) atoms. The lowest BCUT2D eigenvalue weighted by Crippen LogP contribution is -2.48. The highest BCUT2D eigenvalue weighted by Gasteiger charge is 2.35. The second-order valence-electron chi connectivity index (χ2n) is 8.27. The molecule has 3 aliphatic heterocycles. The molecule has 1 aromatic rings. The summed E-state index contributed by atoms with van der Waals surface area (Å²) in [6.45, 7) is 6.39. The van der Waals surface area contributed by atoms with Crippen LogP contribution in [0.15, 0.2) is 12.1 Å². The highest BCUT2D eigenvalue weighted by atomic mass is 16.4. The molecule has 4 rings (SSSR count). The van der Waals surface area contributed by atoms with Gasteiger partial charge in [-0.05, 0) is 43.7 Å². The van der Waals surface area contributed by atoms with Crippen molar-refractivity contribution in [2.75, 3.05) is 38.0 Å². The van der Waals surface area contributed by atoms with E-state index in [0.29, 0.717) is 32.0 Å². The van der Waals surface area contributed by atoms with Gasteiger partial charge in [0.25, 0.3) is 0 Å². The lowest BCUT2D eigenvalue weighted by Gasteiger charge is -2.36. The highest BCUT2D eigenvalue weighted by molar-refractivity contribution is 5.88. The fourth-order valence-electron chi connectivity index (χ4n) is 4.64. The van der Waals surface area contributed by atoms with Gasteiger partial charge in [0.1, 0.15) is 12.4 Å². The number of nitrogens with zero attached hydrogens (tertiary/aromatic N) is 3. The number of carboxylic acids is 1. The molecule has 8 heteroatoms. The topological polar surface area (TPSA) is 103 Å². The Bertz CT molecular complexity index is 805. The highest BCUT2D eigenvalue weighted by Crippen LogP contribution is 2.31. The van der Waals surface area contributed by atoms with E-state index in [0.717, 1.165) is 43.7 Å². The molecule has 1 atom stereocenters. The zero-order valence-electron chi connectivity index (χ0n) is 18.6. The van der Waals surface area contributed by atoms with Crippen molar-refractivity contribution in [2.24, 2.45) is 5.92 Å². The van der Waals surface area contributed by atoms with Gasteiger partial charge in [0.15, 0.2) is 0 Å². The third-order valence-electron chi connectivity index (χ3n) is 6.34. The Morgan fingerprint density at radius 3 is 2.58 bits per heavy atom. The van der Waals surface area contributed by atoms with E-state index in [4.69, 9.17) is 10.1 Å². The van der Waals surface area contributed by atoms with Crippen molar-refractivity contribution in [3.8, 4) is 0 Å². The fraction of sp³-hybridized carbons (Fsp3) is 0.652. The molecular weight excluding hydrogens is 396 g/mol. The summed E-state index contributed by atoms with van der Waals surface area (Å²) in [7, 11) is 0. The predicted molar refractivity (Wildman–Crippen MR) is 118 cm³/mol. The van der Waals surface area contributed by atoms with Crippen molar-refractivity contribution in [1.82, 2.24) is 14.8 Å². The van der Waals surface area contributed by atoms with E-state index in [2.05, 4.69) is 17.4 Å². The van der Waals surface area contributed by atoms with Crippen molar-refractivity contribution in [3.63, 3.8) is 0 Å². The van der Waals surface area contributed by atoms with Crippen molar-refractivity contribution in [3.05, 3.63) is 23.4 Å². The smallest absolute Gasteiger partial charge is 0.323 e. The van der Waals surface area contributed by atoms with Crippen LogP contribution < -0.4 is 5.32 Å². The van der Waals surface area contributed by atoms with Crippen LogP contribution in [0.5, 0.6) is 0 Å². The normalized spacial score (nSPS) is 21.5. The summed E-state index contributed by atoms with van der Waals surface area (Å²) in [6.07, 6.45) is 4.63. The number of aromatic nitrogens is 1. The SMILES string of the molecule is CC.O=C(O)CN1CCC(C(=O)N2CCC(c3ccc4c(n3)NCCC4)CC2)CC1=O. The Hall–Kier alpha value is -2.64. The summed E-state index contributed by atoms with van der Waals surface area (Å²) in [5.41, 5.74) is 2.38. The van der Waals surface area contributed by atoms with E-state index < -0.39 is 5.97 Å². The van der Waals surface area contributed by atoms with E-state index in [1.807, 2.05) is 18.7 Å². The molecule has 1 aromatic heterocycles. The number of aliphatic carboxylic acids is 1. The second kappa shape index (κ2) is 10.6. The Kier molecular flexibility index (Phi) is 7.87. The van der Waals surface area contributed by atoms with Crippen LogP contribution >= 0.6 is 0 Å². The first-order chi connectivity index (χ1) is 15.0. The molecule has 8 nitrogen and oxygen atoms in total. The van der Waals surface area contributed by atoms with Crippen LogP contribution in [0.3, 0.4) is 0 Å². The summed E-state index contributed by atoms with van der Waals surface area (Å²) in [6, 6.07) is 4.31. The molecule has 0 spiro atoms. The largest absolute Gasteiger partial charge is 0.480 e. The van der Waals surface area contributed by atoms with E-state index in [1.54, 1.807) is 0 Å². The summed E-state index contributed by atoms with van der Waals surface area (Å²) in [4.78, 5) is 43.9. The zero-order chi connectivity index (χ0) is 22.4. The van der Waals surface area contributed by atoms with Crippen LogP contribution in [-0.2, 0) is 20.8 Å². The van der Waals surface area contributed by atoms with E-state index in [1.165, 1.54) is 10.5 Å². The van der Waals surface area contributed by atoms with E-state index in [9.17, 15) is 14.4 Å². The minimum atomic E-state index is -1.02. The van der Waals surface area contributed by atoms with Gasteiger partial charge in [-0.15, -0.1) is 0 Å². The Morgan fingerprint density at radius 1 is 1.16 bits per heavy atom. The van der Waals surface area contributed by atoms with Gasteiger partial charge in [-0.3, -0.25) is 14.4 Å². The number of fused-ring (bicyclic) bond motifs is 1. The standard InChI is InChI=1S/C21H28N4O4.C2H6/c26-18-12-16(7-11-25(18)13-19(27)28)21(29)24-9-5-14(6-10-24)17-4-3-15-2-1-8-22-20(15)23-17;1-2/h3-4,14,16H,1-2,5-13H2,(H,22,23)(H,27,28);1-2H3. The van der Waals surface area contributed by atoms with Crippen LogP contribution in [0.2, 0.25) is 0 Å². The third-order valence-corrected chi connectivity index (χ3v) is 6.34. The zero-order valence-corrected chi connectivity index (χ0v) is 18.6. The molecule has 0 radical (unpaired) electrons. The Balaban J connectivity index is 0.00000132. The van der Waals surface area contributed by atoms with Crippen molar-refractivity contribution in [2.45, 2.75) is 58.3 Å². The molecule has 4 heterocycles. The Labute approximate surface area is 184 Å². The molecule has 2 amide bonds. The number of aryl methyl sites for hydroxylation is 1. The number of carbonyl (C=O) groups is 3. The van der Waals surface area contributed by atoms with Crippen molar-refractivity contribution >= 4 is 23.6 Å². The molecule has 1 unspecified atom stereocenters. The van der Waals surface area contributed by atoms with Gasteiger partial charge in [0, 0.05) is 50.1 Å². The number of amides is 2. The first-order valence-electron chi connectivity index (χ1n) is 11.5. The molecule has 0 bridgehead atoms. The maximum Gasteiger partial charge on any atom is 0.323 e. The average molecular weight is 431 g/mol. The Morgan fingerprint density at radius 2 is 1.90 bits per heavy atom. The number of anilines is 1. The molecular formula is C23H34N4O4. The fourth-order valence-corrected chi connectivity index (χ4v) is 4.64. The maximum atomic E-state index is 12.9. The molecule has 0 saturated carbocycles. The minimum absolute atomic E-state index is 0.0341. The van der Waals surface area contributed by atoms with Crippen LogP contribution in [0.4, 0.5) is 5.82 Å². The van der Waals surface area contributed by atoms with Gasteiger partial charge >= 0.3 is 5.97 Å². The van der Waals surface area contributed by atoms with Gasteiger partial charge < -0.3 is 20.2 Å². The summed E-state index contributed by atoms with van der Waals surface area (Å²) < 4.78 is 0. The number of hydrogen-bond donors (Lipinski definition) is 2. The first-order valence-corrected chi connectivity index (χ1v) is 11.5. The second-order valence-corrected chi connectivity index (χ2v) is 8.27. The van der Waals surface area contributed by atoms with E-state index in [-0.39, 0.29) is 30.7 Å². The predicted octanol–water partition coefficient (Wildman–Crippen LogP) is 2.50. The molecule has 0 aromatic carbocycles. The number of piperidine rings is 2. The van der Waals surface area contributed by atoms with Crippen LogP contribution in [-0.4, -0.2) is 70.4 Å². The molecule has 0 aliphatic carbocycles. The van der Waals surface area contributed by atoms with Crippen molar-refractivity contribution in [1.29, 1.82) is 0 Å². The molecule has 2 fully saturated rings. The number of nitrogens with one attached hydrogen (secondary N) is 1. The van der Waals surface area contributed by atoms with Crippen LogP contribution in [0.1, 0.15) is 63.1 Å². The lowest BCUT2D eigenvalue weighted by atomic mass is 9.89. The number of rotatable bonds is 4. The average Bonchev–Trinajstić information content (AvgIpc) is 2.81. The molecule has 170 valence electrons.